The van der Waals surface area contributed by atoms with Crippen LogP contribution in [0.15, 0.2) is 35.7 Å². The van der Waals surface area contributed by atoms with Crippen molar-refractivity contribution in [3.63, 3.8) is 0 Å². The second-order valence-corrected chi connectivity index (χ2v) is 9.67. The van der Waals surface area contributed by atoms with Crippen molar-refractivity contribution in [2.45, 2.75) is 57.9 Å². The molecular formula is C22H32N2O3S. The molecule has 1 aliphatic carbocycles. The lowest BCUT2D eigenvalue weighted by Gasteiger charge is -2.38. The van der Waals surface area contributed by atoms with Gasteiger partial charge in [-0.05, 0) is 44.2 Å². The topological polar surface area (TPSA) is 57.7 Å². The number of carbonyl (C=O) groups excluding carboxylic acids is 1. The molecule has 1 amide bonds. The average Bonchev–Trinajstić information content (AvgIpc) is 2.74. The second kappa shape index (κ2) is 9.70. The molecule has 0 aromatic heterocycles. The molecule has 0 unspecified atom stereocenters. The number of benzene rings is 1. The number of piperidine rings is 1. The van der Waals surface area contributed by atoms with Crippen molar-refractivity contribution < 1.29 is 13.2 Å². The Morgan fingerprint density at radius 3 is 2.32 bits per heavy atom. The van der Waals surface area contributed by atoms with E-state index in [0.29, 0.717) is 32.0 Å². The van der Waals surface area contributed by atoms with E-state index >= 15 is 0 Å². The van der Waals surface area contributed by atoms with Gasteiger partial charge in [-0.3, -0.25) is 4.79 Å². The quantitative estimate of drug-likeness (QED) is 0.723. The molecule has 2 aliphatic rings. The summed E-state index contributed by atoms with van der Waals surface area (Å²) in [7, 11) is -3.45. The van der Waals surface area contributed by atoms with Gasteiger partial charge in [-0.1, -0.05) is 49.6 Å². The molecule has 0 radical (unpaired) electrons. The number of nitrogens with zero attached hydrogens (tertiary/aromatic N) is 2. The summed E-state index contributed by atoms with van der Waals surface area (Å²) >= 11 is 0. The van der Waals surface area contributed by atoms with Crippen molar-refractivity contribution in [3.05, 3.63) is 41.3 Å². The number of hydrogen-bond acceptors (Lipinski definition) is 3. The highest BCUT2D eigenvalue weighted by atomic mass is 32.2. The minimum absolute atomic E-state index is 0.0496. The van der Waals surface area contributed by atoms with Gasteiger partial charge in [0.05, 0.1) is 0 Å². The number of rotatable bonds is 6. The first-order valence-corrected chi connectivity index (χ1v) is 12.1. The van der Waals surface area contributed by atoms with Crippen molar-refractivity contribution in [2.75, 3.05) is 19.6 Å². The molecule has 1 aromatic carbocycles. The minimum atomic E-state index is -3.45. The van der Waals surface area contributed by atoms with Gasteiger partial charge < -0.3 is 4.90 Å². The Morgan fingerprint density at radius 2 is 1.71 bits per heavy atom. The van der Waals surface area contributed by atoms with Crippen molar-refractivity contribution in [1.29, 1.82) is 0 Å². The Balaban J connectivity index is 1.57. The number of hydrogen-bond donors (Lipinski definition) is 0. The largest absolute Gasteiger partial charge is 0.340 e. The second-order valence-electron chi connectivity index (χ2n) is 7.85. The standard InChI is InChI=1S/C22H32N2O3S/c1-2-24(21-11-7-4-8-12-21)22(25)20-13-16-23(17-14-20)28(26,27)18-15-19-9-5-3-6-10-19/h3,5-6,9-10,15,18,20-21H,2,4,7-8,11-14,16-17H2,1H3/b18-15+. The van der Waals surface area contributed by atoms with Gasteiger partial charge >= 0.3 is 0 Å². The lowest BCUT2D eigenvalue weighted by atomic mass is 9.91. The summed E-state index contributed by atoms with van der Waals surface area (Å²) in [5.41, 5.74) is 0.863. The highest BCUT2D eigenvalue weighted by Gasteiger charge is 2.34. The van der Waals surface area contributed by atoms with E-state index in [1.54, 1.807) is 6.08 Å². The number of sulfonamides is 1. The molecule has 0 atom stereocenters. The predicted octanol–water partition coefficient (Wildman–Crippen LogP) is 3.88. The van der Waals surface area contributed by atoms with Crippen molar-refractivity contribution in [2.24, 2.45) is 5.92 Å². The van der Waals surface area contributed by atoms with E-state index in [4.69, 9.17) is 0 Å². The van der Waals surface area contributed by atoms with Crippen LogP contribution in [0.25, 0.3) is 6.08 Å². The molecule has 1 aliphatic heterocycles. The SMILES string of the molecule is CCN(C(=O)C1CCN(S(=O)(=O)/C=C/c2ccccc2)CC1)C1CCCCC1. The molecule has 1 aromatic rings. The Hall–Kier alpha value is -1.66. The van der Waals surface area contributed by atoms with Gasteiger partial charge in [0.15, 0.2) is 0 Å². The zero-order valence-corrected chi connectivity index (χ0v) is 17.6. The van der Waals surface area contributed by atoms with Crippen LogP contribution in [-0.2, 0) is 14.8 Å². The monoisotopic (exact) mass is 404 g/mol. The zero-order valence-electron chi connectivity index (χ0n) is 16.8. The van der Waals surface area contributed by atoms with E-state index in [2.05, 4.69) is 11.8 Å². The fourth-order valence-electron chi connectivity index (χ4n) is 4.39. The number of carbonyl (C=O) groups is 1. The van der Waals surface area contributed by atoms with Gasteiger partial charge in [-0.2, -0.15) is 4.31 Å². The molecule has 6 heteroatoms. The van der Waals surface area contributed by atoms with Crippen LogP contribution in [0.4, 0.5) is 0 Å². The molecule has 0 bridgehead atoms. The van der Waals surface area contributed by atoms with Gasteiger partial charge in [0.2, 0.25) is 15.9 Å². The van der Waals surface area contributed by atoms with E-state index < -0.39 is 10.0 Å². The minimum Gasteiger partial charge on any atom is -0.340 e. The Bertz CT molecular complexity index is 762. The molecule has 1 heterocycles. The summed E-state index contributed by atoms with van der Waals surface area (Å²) < 4.78 is 26.7. The number of amides is 1. The lowest BCUT2D eigenvalue weighted by Crippen LogP contribution is -2.47. The van der Waals surface area contributed by atoms with E-state index in [9.17, 15) is 13.2 Å². The van der Waals surface area contributed by atoms with Crippen LogP contribution in [0.2, 0.25) is 0 Å². The maximum Gasteiger partial charge on any atom is 0.236 e. The first kappa shape index (κ1) is 21.1. The van der Waals surface area contributed by atoms with Gasteiger partial charge in [-0.15, -0.1) is 0 Å². The van der Waals surface area contributed by atoms with E-state index in [1.807, 2.05) is 30.3 Å². The smallest absolute Gasteiger partial charge is 0.236 e. The normalized spacial score (nSPS) is 20.5. The summed E-state index contributed by atoms with van der Waals surface area (Å²) in [5.74, 6) is 0.178. The molecule has 1 saturated heterocycles. The first-order chi connectivity index (χ1) is 13.5. The van der Waals surface area contributed by atoms with Gasteiger partial charge in [0.25, 0.3) is 0 Å². The van der Waals surface area contributed by atoms with E-state index in [-0.39, 0.29) is 11.8 Å². The molecule has 0 spiro atoms. The van der Waals surface area contributed by atoms with Crippen molar-refractivity contribution in [1.82, 2.24) is 9.21 Å². The molecule has 28 heavy (non-hydrogen) atoms. The predicted molar refractivity (Wildman–Crippen MR) is 113 cm³/mol. The zero-order chi connectivity index (χ0) is 20.0. The summed E-state index contributed by atoms with van der Waals surface area (Å²) in [4.78, 5) is 15.1. The maximum absolute atomic E-state index is 13.0. The third kappa shape index (κ3) is 5.23. The molecule has 5 nitrogen and oxygen atoms in total. The lowest BCUT2D eigenvalue weighted by molar-refractivity contribution is -0.139. The van der Waals surface area contributed by atoms with Crippen LogP contribution in [0.3, 0.4) is 0 Å². The summed E-state index contributed by atoms with van der Waals surface area (Å²) in [6.07, 6.45) is 8.76. The Kier molecular flexibility index (Phi) is 7.30. The van der Waals surface area contributed by atoms with Crippen molar-refractivity contribution >= 4 is 22.0 Å². The Morgan fingerprint density at radius 1 is 1.07 bits per heavy atom. The first-order valence-electron chi connectivity index (χ1n) is 10.5. The van der Waals surface area contributed by atoms with Crippen LogP contribution in [-0.4, -0.2) is 49.2 Å². The molecule has 2 fully saturated rings. The van der Waals surface area contributed by atoms with E-state index in [1.165, 1.54) is 29.0 Å². The molecule has 154 valence electrons. The Labute approximate surface area is 169 Å². The molecular weight excluding hydrogens is 372 g/mol. The van der Waals surface area contributed by atoms with Gasteiger partial charge in [-0.25, -0.2) is 8.42 Å². The molecule has 0 N–H and O–H groups in total. The average molecular weight is 405 g/mol. The summed E-state index contributed by atoms with van der Waals surface area (Å²) in [6.45, 7) is 3.64. The van der Waals surface area contributed by atoms with Crippen LogP contribution in [0, 0.1) is 5.92 Å². The molecule has 3 rings (SSSR count). The summed E-state index contributed by atoms with van der Waals surface area (Å²) in [6, 6.07) is 9.80. The fraction of sp³-hybridized carbons (Fsp3) is 0.591. The van der Waals surface area contributed by atoms with E-state index in [0.717, 1.165) is 24.9 Å². The van der Waals surface area contributed by atoms with Crippen LogP contribution in [0.5, 0.6) is 0 Å². The third-order valence-corrected chi connectivity index (χ3v) is 7.60. The highest BCUT2D eigenvalue weighted by molar-refractivity contribution is 7.92. The maximum atomic E-state index is 13.0. The van der Waals surface area contributed by atoms with Crippen LogP contribution in [0.1, 0.15) is 57.4 Å². The molecule has 1 saturated carbocycles. The van der Waals surface area contributed by atoms with Crippen LogP contribution >= 0.6 is 0 Å². The van der Waals surface area contributed by atoms with Crippen molar-refractivity contribution in [3.8, 4) is 0 Å². The van der Waals surface area contributed by atoms with Crippen LogP contribution < -0.4 is 0 Å². The van der Waals surface area contributed by atoms with Gasteiger partial charge in [0, 0.05) is 37.0 Å². The van der Waals surface area contributed by atoms with Gasteiger partial charge in [0.1, 0.15) is 0 Å². The fourth-order valence-corrected chi connectivity index (χ4v) is 5.61. The highest BCUT2D eigenvalue weighted by Crippen LogP contribution is 2.27. The third-order valence-electron chi connectivity index (χ3n) is 6.03. The summed E-state index contributed by atoms with van der Waals surface area (Å²) in [5, 5.41) is 1.28.